The molecule has 0 bridgehead atoms. The molecule has 0 spiro atoms. The number of hydrogen-bond acceptors (Lipinski definition) is 5. The molecule has 2 aliphatic heterocycles. The Morgan fingerprint density at radius 2 is 1.60 bits per heavy atom. The maximum atomic E-state index is 14.2. The average molecular weight is 636 g/mol. The van der Waals surface area contributed by atoms with E-state index < -0.39 is 11.6 Å². The van der Waals surface area contributed by atoms with Gasteiger partial charge in [0.2, 0.25) is 11.8 Å². The van der Waals surface area contributed by atoms with Gasteiger partial charge in [0, 0.05) is 66.9 Å². The van der Waals surface area contributed by atoms with E-state index in [1.807, 2.05) is 87.6 Å². The van der Waals surface area contributed by atoms with Crippen LogP contribution in [0.25, 0.3) is 10.9 Å². The lowest BCUT2D eigenvalue weighted by atomic mass is 9.95. The Balaban J connectivity index is 1.15. The highest BCUT2D eigenvalue weighted by atomic mass is 16.6. The third kappa shape index (κ3) is 7.48. The largest absolute Gasteiger partial charge is 0.444 e. The van der Waals surface area contributed by atoms with Gasteiger partial charge in [0.05, 0.1) is 0 Å². The number of ether oxygens (including phenoxy) is 1. The Morgan fingerprint density at radius 1 is 0.894 bits per heavy atom. The van der Waals surface area contributed by atoms with Gasteiger partial charge in [-0.3, -0.25) is 14.4 Å². The lowest BCUT2D eigenvalue weighted by Crippen LogP contribution is -2.51. The van der Waals surface area contributed by atoms with Crippen LogP contribution in [-0.4, -0.2) is 63.3 Å². The number of fused-ring (bicyclic) bond motifs is 2. The predicted molar refractivity (Wildman–Crippen MR) is 180 cm³/mol. The quantitative estimate of drug-likeness (QED) is 0.243. The zero-order chi connectivity index (χ0) is 33.1. The van der Waals surface area contributed by atoms with Gasteiger partial charge in [0.15, 0.2) is 0 Å². The van der Waals surface area contributed by atoms with Crippen LogP contribution in [0, 0.1) is 5.92 Å². The fraction of sp³-hybridized carbons (Fsp3) is 0.351. The molecule has 10 heteroatoms. The van der Waals surface area contributed by atoms with E-state index in [1.165, 1.54) is 0 Å². The van der Waals surface area contributed by atoms with Gasteiger partial charge in [-0.25, -0.2) is 4.79 Å². The fourth-order valence-corrected chi connectivity index (χ4v) is 6.30. The van der Waals surface area contributed by atoms with Crippen molar-refractivity contribution in [1.29, 1.82) is 0 Å². The van der Waals surface area contributed by atoms with Gasteiger partial charge in [-0.1, -0.05) is 42.5 Å². The second kappa shape index (κ2) is 13.3. The Hall–Kier alpha value is -5.12. The Labute approximate surface area is 274 Å². The molecule has 6 rings (SSSR count). The summed E-state index contributed by atoms with van der Waals surface area (Å²) in [6.45, 7) is 7.11. The minimum absolute atomic E-state index is 0.166. The molecule has 1 saturated heterocycles. The minimum Gasteiger partial charge on any atom is -0.444 e. The molecule has 244 valence electrons. The number of likely N-dealkylation sites (tertiary alicyclic amines) is 1. The van der Waals surface area contributed by atoms with Crippen molar-refractivity contribution in [3.8, 4) is 0 Å². The van der Waals surface area contributed by atoms with Crippen molar-refractivity contribution in [2.75, 3.05) is 18.4 Å². The molecule has 1 fully saturated rings. The molecule has 1 atom stereocenters. The first kappa shape index (κ1) is 31.8. The van der Waals surface area contributed by atoms with Crippen LogP contribution in [0.5, 0.6) is 0 Å². The van der Waals surface area contributed by atoms with Crippen LogP contribution < -0.4 is 10.6 Å². The van der Waals surface area contributed by atoms with Crippen LogP contribution in [0.15, 0.2) is 79.0 Å². The van der Waals surface area contributed by atoms with Gasteiger partial charge in [-0.05, 0) is 80.6 Å². The van der Waals surface area contributed by atoms with Crippen LogP contribution in [-0.2, 0) is 33.8 Å². The highest BCUT2D eigenvalue weighted by Gasteiger charge is 2.35. The number of aromatic nitrogens is 1. The van der Waals surface area contributed by atoms with E-state index in [9.17, 15) is 19.2 Å². The Kier molecular flexibility index (Phi) is 9.02. The zero-order valence-corrected chi connectivity index (χ0v) is 27.0. The molecule has 1 aromatic heterocycles. The van der Waals surface area contributed by atoms with Crippen molar-refractivity contribution < 1.29 is 23.9 Å². The predicted octanol–water partition coefficient (Wildman–Crippen LogP) is 5.64. The number of H-pyrrole nitrogens is 1. The van der Waals surface area contributed by atoms with E-state index in [0.29, 0.717) is 56.7 Å². The number of carbonyl (C=O) groups excluding carboxylic acids is 4. The summed E-state index contributed by atoms with van der Waals surface area (Å²) in [7, 11) is 0. The first-order chi connectivity index (χ1) is 22.5. The number of piperidine rings is 1. The van der Waals surface area contributed by atoms with Crippen molar-refractivity contribution >= 4 is 40.4 Å². The molecule has 2 aliphatic rings. The van der Waals surface area contributed by atoms with Crippen LogP contribution in [0.2, 0.25) is 0 Å². The maximum Gasteiger partial charge on any atom is 0.410 e. The summed E-state index contributed by atoms with van der Waals surface area (Å²) in [6, 6.07) is 21.8. The van der Waals surface area contributed by atoms with Gasteiger partial charge in [0.25, 0.3) is 5.91 Å². The molecular weight excluding hydrogens is 594 g/mol. The van der Waals surface area contributed by atoms with E-state index in [2.05, 4.69) is 15.6 Å². The van der Waals surface area contributed by atoms with Crippen LogP contribution >= 0.6 is 0 Å². The summed E-state index contributed by atoms with van der Waals surface area (Å²) in [4.78, 5) is 59.8. The van der Waals surface area contributed by atoms with Crippen molar-refractivity contribution in [2.45, 2.75) is 64.8 Å². The Bertz CT molecular complexity index is 1790. The van der Waals surface area contributed by atoms with E-state index in [-0.39, 0.29) is 29.7 Å². The average Bonchev–Trinajstić information content (AvgIpc) is 3.68. The lowest BCUT2D eigenvalue weighted by molar-refractivity contribution is -0.138. The number of nitrogens with one attached hydrogen (secondary N) is 3. The molecule has 0 aliphatic carbocycles. The fourth-order valence-electron chi connectivity index (χ4n) is 6.30. The van der Waals surface area contributed by atoms with Crippen LogP contribution in [0.4, 0.5) is 10.5 Å². The lowest BCUT2D eigenvalue weighted by Gasteiger charge is -2.33. The molecule has 0 saturated carbocycles. The Morgan fingerprint density at radius 3 is 2.34 bits per heavy atom. The van der Waals surface area contributed by atoms with Gasteiger partial charge in [-0.2, -0.15) is 0 Å². The zero-order valence-electron chi connectivity index (χ0n) is 27.0. The van der Waals surface area contributed by atoms with Crippen LogP contribution in [0.1, 0.15) is 60.7 Å². The topological polar surface area (TPSA) is 124 Å². The molecule has 3 N–H and O–H groups in total. The minimum atomic E-state index is -0.780. The molecule has 3 heterocycles. The first-order valence-corrected chi connectivity index (χ1v) is 16.1. The molecule has 47 heavy (non-hydrogen) atoms. The van der Waals surface area contributed by atoms with E-state index in [0.717, 1.165) is 27.6 Å². The summed E-state index contributed by atoms with van der Waals surface area (Å²) in [5.41, 5.74) is 4.51. The number of aromatic amines is 1. The second-order valence-corrected chi connectivity index (χ2v) is 13.4. The van der Waals surface area contributed by atoms with Crippen molar-refractivity contribution in [3.05, 3.63) is 101 Å². The number of para-hydroxylation sites is 1. The molecule has 0 radical (unpaired) electrons. The van der Waals surface area contributed by atoms with Gasteiger partial charge in [-0.15, -0.1) is 0 Å². The highest BCUT2D eigenvalue weighted by Crippen LogP contribution is 2.28. The van der Waals surface area contributed by atoms with E-state index >= 15 is 0 Å². The molecule has 10 nitrogen and oxygen atoms in total. The number of hydrogen-bond donors (Lipinski definition) is 3. The summed E-state index contributed by atoms with van der Waals surface area (Å²) in [5.74, 6) is -0.871. The number of carbonyl (C=O) groups is 4. The highest BCUT2D eigenvalue weighted by molar-refractivity contribution is 6.04. The first-order valence-electron chi connectivity index (χ1n) is 16.1. The summed E-state index contributed by atoms with van der Waals surface area (Å²) >= 11 is 0. The summed E-state index contributed by atoms with van der Waals surface area (Å²) in [6.07, 6.45) is 2.84. The SMILES string of the molecule is CC(C)(C)OC(=O)N1CCC(C(=O)N[C@H](Cc2c[nH]c3ccccc23)C(=O)N2Cc3ccc(NC(=O)c4ccccc4)cc3C2)CC1. The van der Waals surface area contributed by atoms with Crippen LogP contribution in [0.3, 0.4) is 0 Å². The van der Waals surface area contributed by atoms with E-state index in [4.69, 9.17) is 4.74 Å². The normalized spacial score (nSPS) is 15.6. The standard InChI is InChI=1S/C37H41N5O5/c1-37(2,3)47-36(46)41-17-15-25(16-18-41)34(44)40-32(20-27-21-38-31-12-8-7-11-30(27)31)35(45)42-22-26-13-14-29(19-28(26)23-42)39-33(43)24-9-5-4-6-10-24/h4-14,19,21,25,32,38H,15-18,20,22-23H2,1-3H3,(H,39,43)(H,40,44)/t32-/m1/s1. The number of nitrogens with zero attached hydrogens (tertiary/aromatic N) is 2. The van der Waals surface area contributed by atoms with E-state index in [1.54, 1.807) is 21.9 Å². The monoisotopic (exact) mass is 635 g/mol. The molecule has 0 unspecified atom stereocenters. The molecule has 4 aromatic rings. The summed E-state index contributed by atoms with van der Waals surface area (Å²) < 4.78 is 5.51. The molecular formula is C37H41N5O5. The summed E-state index contributed by atoms with van der Waals surface area (Å²) in [5, 5.41) is 7.05. The maximum absolute atomic E-state index is 14.2. The smallest absolute Gasteiger partial charge is 0.410 e. The van der Waals surface area contributed by atoms with Gasteiger partial charge in [0.1, 0.15) is 11.6 Å². The molecule has 4 amide bonds. The molecule has 3 aromatic carbocycles. The number of benzene rings is 3. The number of rotatable bonds is 7. The number of anilines is 1. The number of amides is 4. The van der Waals surface area contributed by atoms with Gasteiger partial charge >= 0.3 is 6.09 Å². The van der Waals surface area contributed by atoms with Crippen molar-refractivity contribution in [1.82, 2.24) is 20.1 Å². The third-order valence-electron chi connectivity index (χ3n) is 8.77. The van der Waals surface area contributed by atoms with Gasteiger partial charge < -0.3 is 30.2 Å². The second-order valence-electron chi connectivity index (χ2n) is 13.4. The third-order valence-corrected chi connectivity index (χ3v) is 8.77. The van der Waals surface area contributed by atoms with Crippen molar-refractivity contribution in [2.24, 2.45) is 5.92 Å². The van der Waals surface area contributed by atoms with Crippen molar-refractivity contribution in [3.63, 3.8) is 0 Å².